The lowest BCUT2D eigenvalue weighted by Gasteiger charge is -2.33. The van der Waals surface area contributed by atoms with E-state index in [9.17, 15) is 9.59 Å². The molecule has 0 bridgehead atoms. The number of benzene rings is 1. The Hall–Kier alpha value is -1.24. The average Bonchev–Trinajstić information content (AvgIpc) is 2.58. The largest absolute Gasteiger partial charge is 0.356 e. The van der Waals surface area contributed by atoms with Crippen LogP contribution < -0.4 is 10.6 Å². The van der Waals surface area contributed by atoms with Gasteiger partial charge in [0.15, 0.2) is 0 Å². The summed E-state index contributed by atoms with van der Waals surface area (Å²) in [5.41, 5.74) is 0. The second-order valence-electron chi connectivity index (χ2n) is 5.65. The molecule has 0 aliphatic carbocycles. The minimum Gasteiger partial charge on any atom is -0.356 e. The lowest BCUT2D eigenvalue weighted by molar-refractivity contribution is -0.133. The van der Waals surface area contributed by atoms with Gasteiger partial charge < -0.3 is 10.6 Å². The van der Waals surface area contributed by atoms with Crippen molar-refractivity contribution in [2.24, 2.45) is 0 Å². The normalized spacial score (nSPS) is 18.2. The third-order valence-corrected chi connectivity index (χ3v) is 5.30. The Balaban J connectivity index is 1.64. The molecule has 1 atom stereocenters. The van der Waals surface area contributed by atoms with Gasteiger partial charge in [-0.15, -0.1) is 11.8 Å². The predicted octanol–water partition coefficient (Wildman–Crippen LogP) is 2.15. The van der Waals surface area contributed by atoms with Gasteiger partial charge in [0, 0.05) is 29.6 Å². The zero-order valence-corrected chi connectivity index (χ0v) is 15.5. The molecule has 0 unspecified atom stereocenters. The maximum absolute atomic E-state index is 12.0. The number of nitrogens with zero attached hydrogens (tertiary/aromatic N) is 1. The molecule has 1 saturated heterocycles. The summed E-state index contributed by atoms with van der Waals surface area (Å²) in [6, 6.07) is 7.40. The van der Waals surface area contributed by atoms with Crippen LogP contribution in [0.4, 0.5) is 0 Å². The first kappa shape index (κ1) is 19.1. The van der Waals surface area contributed by atoms with Gasteiger partial charge in [0.2, 0.25) is 11.8 Å². The third-order valence-electron chi connectivity index (χ3n) is 3.95. The number of thioether (sulfide) groups is 1. The molecule has 0 spiro atoms. The van der Waals surface area contributed by atoms with E-state index in [-0.39, 0.29) is 24.3 Å². The first-order valence-corrected chi connectivity index (χ1v) is 9.63. The van der Waals surface area contributed by atoms with Gasteiger partial charge in [-0.2, -0.15) is 0 Å². The van der Waals surface area contributed by atoms with Crippen LogP contribution in [0.1, 0.15) is 19.8 Å². The van der Waals surface area contributed by atoms with E-state index in [0.29, 0.717) is 13.1 Å². The fourth-order valence-corrected chi connectivity index (χ4v) is 3.61. The van der Waals surface area contributed by atoms with Crippen molar-refractivity contribution in [3.05, 3.63) is 29.3 Å². The van der Waals surface area contributed by atoms with E-state index < -0.39 is 0 Å². The molecule has 1 aromatic carbocycles. The molecule has 1 aliphatic rings. The summed E-state index contributed by atoms with van der Waals surface area (Å²) >= 11 is 7.59. The summed E-state index contributed by atoms with van der Waals surface area (Å²) in [6.07, 6.45) is 1.11. The lowest BCUT2D eigenvalue weighted by Crippen LogP contribution is -2.56. The van der Waals surface area contributed by atoms with Gasteiger partial charge in [0.1, 0.15) is 0 Å². The number of carbonyl (C=O) groups is 2. The predicted molar refractivity (Wildman–Crippen MR) is 98.5 cm³/mol. The highest BCUT2D eigenvalue weighted by atomic mass is 35.5. The molecule has 1 aliphatic heterocycles. The standard InChI is InChI=1S/C17H24ClN3O2S/c1-2-21-10-9-20-17(23)15(21)12-16(22)19-8-3-11-24-14-6-4-13(18)5-7-14/h4-7,15H,2-3,8-12H2,1H3,(H,19,22)(H,20,23)/t15-/m1/s1. The Morgan fingerprint density at radius 3 is 2.88 bits per heavy atom. The van der Waals surface area contributed by atoms with Crippen LogP contribution in [0.25, 0.3) is 0 Å². The number of carbonyl (C=O) groups excluding carboxylic acids is 2. The van der Waals surface area contributed by atoms with Crippen LogP contribution in [0.15, 0.2) is 29.2 Å². The van der Waals surface area contributed by atoms with Crippen molar-refractivity contribution in [2.75, 3.05) is 31.9 Å². The van der Waals surface area contributed by atoms with Gasteiger partial charge >= 0.3 is 0 Å². The van der Waals surface area contributed by atoms with Crippen LogP contribution in [0.5, 0.6) is 0 Å². The maximum atomic E-state index is 12.0. The average molecular weight is 370 g/mol. The zero-order chi connectivity index (χ0) is 17.4. The molecule has 1 fully saturated rings. The fraction of sp³-hybridized carbons (Fsp3) is 0.529. The Kier molecular flexibility index (Phi) is 7.88. The quantitative estimate of drug-likeness (QED) is 0.544. The van der Waals surface area contributed by atoms with E-state index in [1.165, 1.54) is 4.90 Å². The maximum Gasteiger partial charge on any atom is 0.237 e. The molecule has 0 saturated carbocycles. The molecule has 132 valence electrons. The van der Waals surface area contributed by atoms with Gasteiger partial charge in [-0.3, -0.25) is 14.5 Å². The Morgan fingerprint density at radius 2 is 2.17 bits per heavy atom. The van der Waals surface area contributed by atoms with Crippen molar-refractivity contribution in [3.8, 4) is 0 Å². The van der Waals surface area contributed by atoms with Gasteiger partial charge in [0.05, 0.1) is 12.5 Å². The van der Waals surface area contributed by atoms with E-state index >= 15 is 0 Å². The minimum atomic E-state index is -0.341. The minimum absolute atomic E-state index is 0.0449. The van der Waals surface area contributed by atoms with Crippen molar-refractivity contribution in [1.82, 2.24) is 15.5 Å². The van der Waals surface area contributed by atoms with Crippen LogP contribution in [-0.4, -0.2) is 54.7 Å². The molecule has 0 radical (unpaired) electrons. The van der Waals surface area contributed by atoms with Crippen molar-refractivity contribution >= 4 is 35.2 Å². The monoisotopic (exact) mass is 369 g/mol. The number of piperazine rings is 1. The summed E-state index contributed by atoms with van der Waals surface area (Å²) in [4.78, 5) is 27.2. The first-order valence-electron chi connectivity index (χ1n) is 8.27. The van der Waals surface area contributed by atoms with Crippen LogP contribution in [0.3, 0.4) is 0 Å². The van der Waals surface area contributed by atoms with Crippen LogP contribution in [0.2, 0.25) is 5.02 Å². The Bertz CT molecular complexity index is 553. The highest BCUT2D eigenvalue weighted by Crippen LogP contribution is 2.20. The van der Waals surface area contributed by atoms with Gasteiger partial charge in [-0.1, -0.05) is 18.5 Å². The molecule has 7 heteroatoms. The van der Waals surface area contributed by atoms with Gasteiger partial charge in [-0.05, 0) is 43.0 Å². The summed E-state index contributed by atoms with van der Waals surface area (Å²) in [5, 5.41) is 6.47. The zero-order valence-electron chi connectivity index (χ0n) is 13.9. The Labute approximate surface area is 152 Å². The molecule has 0 aromatic heterocycles. The SMILES string of the molecule is CCN1CCNC(=O)[C@H]1CC(=O)NCCCSc1ccc(Cl)cc1. The highest BCUT2D eigenvalue weighted by molar-refractivity contribution is 7.99. The first-order chi connectivity index (χ1) is 11.6. The van der Waals surface area contributed by atoms with Gasteiger partial charge in [-0.25, -0.2) is 0 Å². The second kappa shape index (κ2) is 9.91. The molecule has 5 nitrogen and oxygen atoms in total. The molecule has 2 N–H and O–H groups in total. The molecule has 24 heavy (non-hydrogen) atoms. The van der Waals surface area contributed by atoms with Crippen LogP contribution >= 0.6 is 23.4 Å². The second-order valence-corrected chi connectivity index (χ2v) is 7.25. The van der Waals surface area contributed by atoms with Crippen LogP contribution in [0, 0.1) is 0 Å². The number of nitrogens with one attached hydrogen (secondary N) is 2. The lowest BCUT2D eigenvalue weighted by atomic mass is 10.1. The number of likely N-dealkylation sites (N-methyl/N-ethyl adjacent to an activating group) is 1. The van der Waals surface area contributed by atoms with Crippen molar-refractivity contribution in [2.45, 2.75) is 30.7 Å². The summed E-state index contributed by atoms with van der Waals surface area (Å²) in [5.74, 6) is 0.816. The fourth-order valence-electron chi connectivity index (χ4n) is 2.63. The molecule has 1 heterocycles. The number of hydrogen-bond donors (Lipinski definition) is 2. The Morgan fingerprint density at radius 1 is 1.42 bits per heavy atom. The van der Waals surface area contributed by atoms with E-state index in [0.717, 1.165) is 30.3 Å². The van der Waals surface area contributed by atoms with Crippen molar-refractivity contribution < 1.29 is 9.59 Å². The van der Waals surface area contributed by atoms with Gasteiger partial charge in [0.25, 0.3) is 0 Å². The molecule has 2 amide bonds. The number of hydrogen-bond acceptors (Lipinski definition) is 4. The van der Waals surface area contributed by atoms with Crippen molar-refractivity contribution in [1.29, 1.82) is 0 Å². The summed E-state index contributed by atoms with van der Waals surface area (Å²) in [6.45, 7) is 4.88. The van der Waals surface area contributed by atoms with Crippen molar-refractivity contribution in [3.63, 3.8) is 0 Å². The summed E-state index contributed by atoms with van der Waals surface area (Å²) in [7, 11) is 0. The van der Waals surface area contributed by atoms with E-state index in [1.54, 1.807) is 11.8 Å². The van der Waals surface area contributed by atoms with E-state index in [2.05, 4.69) is 15.5 Å². The van der Waals surface area contributed by atoms with E-state index in [4.69, 9.17) is 11.6 Å². The molecule has 2 rings (SSSR count). The molecule has 1 aromatic rings. The molecular weight excluding hydrogens is 346 g/mol. The number of halogens is 1. The summed E-state index contributed by atoms with van der Waals surface area (Å²) < 4.78 is 0. The number of rotatable bonds is 8. The topological polar surface area (TPSA) is 61.4 Å². The smallest absolute Gasteiger partial charge is 0.237 e. The van der Waals surface area contributed by atoms with E-state index in [1.807, 2.05) is 31.2 Å². The van der Waals surface area contributed by atoms with Crippen LogP contribution in [-0.2, 0) is 9.59 Å². The third kappa shape index (κ3) is 6.00. The number of amides is 2. The highest BCUT2D eigenvalue weighted by Gasteiger charge is 2.30. The molecular formula is C17H24ClN3O2S.